The third-order valence-corrected chi connectivity index (χ3v) is 4.97. The number of likely N-dealkylation sites (N-methyl/N-ethyl adjacent to an activating group) is 1. The molecule has 1 atom stereocenters. The van der Waals surface area contributed by atoms with Crippen LogP contribution >= 0.6 is 0 Å². The molecule has 0 saturated carbocycles. The van der Waals surface area contributed by atoms with Crippen LogP contribution in [0.15, 0.2) is 48.5 Å². The zero-order chi connectivity index (χ0) is 20.8. The minimum absolute atomic E-state index is 0.00280. The smallest absolute Gasteiger partial charge is 0.265 e. The van der Waals surface area contributed by atoms with Gasteiger partial charge in [-0.25, -0.2) is 0 Å². The molecule has 2 amide bonds. The maximum Gasteiger partial charge on any atom is 0.265 e. The number of ether oxygens (including phenoxy) is 2. The van der Waals surface area contributed by atoms with E-state index < -0.39 is 0 Å². The second-order valence-electron chi connectivity index (χ2n) is 7.11. The quantitative estimate of drug-likeness (QED) is 0.740. The molecule has 0 aromatic heterocycles. The second kappa shape index (κ2) is 9.43. The number of rotatable bonds is 8. The van der Waals surface area contributed by atoms with Crippen LogP contribution in [0.3, 0.4) is 0 Å². The lowest BCUT2D eigenvalue weighted by atomic mass is 10.1. The topological polar surface area (TPSA) is 71.1 Å². The van der Waals surface area contributed by atoms with Gasteiger partial charge in [0.05, 0.1) is 18.8 Å². The van der Waals surface area contributed by atoms with Crippen molar-refractivity contribution in [2.75, 3.05) is 45.8 Å². The molecule has 7 heteroatoms. The highest BCUT2D eigenvalue weighted by Gasteiger charge is 2.25. The number of benzene rings is 2. The Labute approximate surface area is 171 Å². The van der Waals surface area contributed by atoms with Crippen LogP contribution < -0.4 is 19.7 Å². The molecule has 29 heavy (non-hydrogen) atoms. The zero-order valence-electron chi connectivity index (χ0n) is 17.1. The summed E-state index contributed by atoms with van der Waals surface area (Å²) in [6.07, 6.45) is 0.221. The number of carbonyl (C=O) groups excluding carboxylic acids is 2. The lowest BCUT2D eigenvalue weighted by Gasteiger charge is -2.29. The molecule has 154 valence electrons. The van der Waals surface area contributed by atoms with Gasteiger partial charge in [-0.1, -0.05) is 24.3 Å². The van der Waals surface area contributed by atoms with Crippen molar-refractivity contribution in [3.63, 3.8) is 0 Å². The molecule has 3 rings (SSSR count). The summed E-state index contributed by atoms with van der Waals surface area (Å²) in [6, 6.07) is 15.2. The molecule has 7 nitrogen and oxygen atoms in total. The molecular weight excluding hydrogens is 370 g/mol. The van der Waals surface area contributed by atoms with E-state index in [0.29, 0.717) is 24.5 Å². The van der Waals surface area contributed by atoms with Crippen molar-refractivity contribution < 1.29 is 19.1 Å². The van der Waals surface area contributed by atoms with Crippen molar-refractivity contribution in [2.45, 2.75) is 12.5 Å². The predicted molar refractivity (Wildman–Crippen MR) is 111 cm³/mol. The number of nitrogens with one attached hydrogen (secondary N) is 1. The fourth-order valence-electron chi connectivity index (χ4n) is 3.36. The first-order valence-electron chi connectivity index (χ1n) is 9.59. The molecule has 0 unspecified atom stereocenters. The van der Waals surface area contributed by atoms with Gasteiger partial charge in [0, 0.05) is 19.5 Å². The van der Waals surface area contributed by atoms with Crippen LogP contribution in [0.25, 0.3) is 0 Å². The lowest BCUT2D eigenvalue weighted by Crippen LogP contribution is -2.41. The van der Waals surface area contributed by atoms with Gasteiger partial charge >= 0.3 is 0 Å². The van der Waals surface area contributed by atoms with E-state index in [1.54, 1.807) is 12.0 Å². The van der Waals surface area contributed by atoms with Gasteiger partial charge in [-0.05, 0) is 43.9 Å². The van der Waals surface area contributed by atoms with E-state index in [0.717, 1.165) is 11.3 Å². The summed E-state index contributed by atoms with van der Waals surface area (Å²) in [6.45, 7) is 0.778. The Bertz CT molecular complexity index is 869. The fraction of sp³-hybridized carbons (Fsp3) is 0.364. The first-order chi connectivity index (χ1) is 14.0. The molecule has 0 spiro atoms. The second-order valence-corrected chi connectivity index (χ2v) is 7.11. The van der Waals surface area contributed by atoms with Crippen LogP contribution in [-0.4, -0.2) is 57.6 Å². The highest BCUT2D eigenvalue weighted by Crippen LogP contribution is 2.31. The largest absolute Gasteiger partial charge is 0.497 e. The van der Waals surface area contributed by atoms with Gasteiger partial charge in [-0.15, -0.1) is 0 Å². The number of anilines is 1. The monoisotopic (exact) mass is 397 g/mol. The van der Waals surface area contributed by atoms with E-state index >= 15 is 0 Å². The number of para-hydroxylation sites is 2. The third kappa shape index (κ3) is 5.06. The van der Waals surface area contributed by atoms with Crippen LogP contribution in [0, 0.1) is 0 Å². The average Bonchev–Trinajstić information content (AvgIpc) is 2.73. The minimum atomic E-state index is -0.140. The van der Waals surface area contributed by atoms with E-state index in [1.165, 1.54) is 0 Å². The van der Waals surface area contributed by atoms with Gasteiger partial charge in [0.2, 0.25) is 5.91 Å². The molecule has 1 aliphatic heterocycles. The molecule has 0 bridgehead atoms. The van der Waals surface area contributed by atoms with Crippen molar-refractivity contribution in [3.8, 4) is 11.5 Å². The van der Waals surface area contributed by atoms with E-state index in [1.807, 2.05) is 62.6 Å². The van der Waals surface area contributed by atoms with Crippen LogP contribution in [0.2, 0.25) is 0 Å². The van der Waals surface area contributed by atoms with Crippen molar-refractivity contribution >= 4 is 17.5 Å². The molecule has 1 aliphatic rings. The standard InChI is InChI=1S/C22H27N3O4/c1-24(2)19(16-7-6-8-17(13-16)28-3)14-23-21(26)11-12-25-18-9-4-5-10-20(18)29-15-22(25)27/h4-10,13,19H,11-12,14-15H2,1-3H3,(H,23,26)/t19-/m0/s1. The number of hydrogen-bond acceptors (Lipinski definition) is 5. The molecule has 0 radical (unpaired) electrons. The zero-order valence-corrected chi connectivity index (χ0v) is 17.1. The first-order valence-corrected chi connectivity index (χ1v) is 9.59. The Morgan fingerprint density at radius 1 is 1.24 bits per heavy atom. The summed E-state index contributed by atoms with van der Waals surface area (Å²) in [5.41, 5.74) is 1.77. The highest BCUT2D eigenvalue weighted by atomic mass is 16.5. The minimum Gasteiger partial charge on any atom is -0.497 e. The Kier molecular flexibility index (Phi) is 6.72. The van der Waals surface area contributed by atoms with Gasteiger partial charge in [-0.2, -0.15) is 0 Å². The van der Waals surface area contributed by atoms with Crippen molar-refractivity contribution in [3.05, 3.63) is 54.1 Å². The van der Waals surface area contributed by atoms with Gasteiger partial charge in [-0.3, -0.25) is 9.59 Å². The molecule has 0 saturated heterocycles. The van der Waals surface area contributed by atoms with Crippen molar-refractivity contribution in [1.29, 1.82) is 0 Å². The molecule has 1 heterocycles. The summed E-state index contributed by atoms with van der Waals surface area (Å²) >= 11 is 0. The SMILES string of the molecule is COc1cccc([C@H](CNC(=O)CCN2C(=O)COc3ccccc32)N(C)C)c1. The van der Waals surface area contributed by atoms with Gasteiger partial charge in [0.15, 0.2) is 6.61 Å². The summed E-state index contributed by atoms with van der Waals surface area (Å²) in [5, 5.41) is 2.99. The van der Waals surface area contributed by atoms with Crippen molar-refractivity contribution in [1.82, 2.24) is 10.2 Å². The summed E-state index contributed by atoms with van der Waals surface area (Å²) in [4.78, 5) is 28.4. The molecule has 0 fully saturated rings. The summed E-state index contributed by atoms with van der Waals surface area (Å²) < 4.78 is 10.7. The van der Waals surface area contributed by atoms with E-state index in [-0.39, 0.29) is 30.9 Å². The molecular formula is C22H27N3O4. The van der Waals surface area contributed by atoms with E-state index in [9.17, 15) is 9.59 Å². The van der Waals surface area contributed by atoms with Gasteiger partial charge < -0.3 is 24.6 Å². The number of hydrogen-bond donors (Lipinski definition) is 1. The predicted octanol–water partition coefficient (Wildman–Crippen LogP) is 2.23. The summed E-state index contributed by atoms with van der Waals surface area (Å²) in [5.74, 6) is 1.21. The van der Waals surface area contributed by atoms with Crippen molar-refractivity contribution in [2.24, 2.45) is 0 Å². The number of amides is 2. The molecule has 2 aromatic rings. The molecule has 2 aromatic carbocycles. The number of nitrogens with zero attached hydrogens (tertiary/aromatic N) is 2. The van der Waals surface area contributed by atoms with Crippen LogP contribution in [0.5, 0.6) is 11.5 Å². The normalized spacial score (nSPS) is 14.2. The molecule has 1 N–H and O–H groups in total. The lowest BCUT2D eigenvalue weighted by molar-refractivity contribution is -0.122. The highest BCUT2D eigenvalue weighted by molar-refractivity contribution is 5.98. The first kappa shape index (κ1) is 20.7. The van der Waals surface area contributed by atoms with Crippen LogP contribution in [0.1, 0.15) is 18.0 Å². The maximum absolute atomic E-state index is 12.5. The van der Waals surface area contributed by atoms with E-state index in [4.69, 9.17) is 9.47 Å². The summed E-state index contributed by atoms with van der Waals surface area (Å²) in [7, 11) is 5.58. The Hall–Kier alpha value is -3.06. The van der Waals surface area contributed by atoms with Crippen LogP contribution in [0.4, 0.5) is 5.69 Å². The van der Waals surface area contributed by atoms with Gasteiger partial charge in [0.1, 0.15) is 11.5 Å². The van der Waals surface area contributed by atoms with Gasteiger partial charge in [0.25, 0.3) is 5.91 Å². The fourth-order valence-corrected chi connectivity index (χ4v) is 3.36. The average molecular weight is 397 g/mol. The molecule has 0 aliphatic carbocycles. The Morgan fingerprint density at radius 2 is 2.03 bits per heavy atom. The third-order valence-electron chi connectivity index (χ3n) is 4.97. The maximum atomic E-state index is 12.5. The number of carbonyl (C=O) groups is 2. The Balaban J connectivity index is 1.58. The number of fused-ring (bicyclic) bond motifs is 1. The van der Waals surface area contributed by atoms with Crippen LogP contribution in [-0.2, 0) is 9.59 Å². The Morgan fingerprint density at radius 3 is 2.79 bits per heavy atom. The number of methoxy groups -OCH3 is 1. The van der Waals surface area contributed by atoms with E-state index in [2.05, 4.69) is 10.2 Å².